The van der Waals surface area contributed by atoms with Crippen molar-refractivity contribution in [3.63, 3.8) is 0 Å². The van der Waals surface area contributed by atoms with Crippen molar-refractivity contribution < 1.29 is 63.8 Å². The van der Waals surface area contributed by atoms with Gasteiger partial charge in [-0.2, -0.15) is 0 Å². The van der Waals surface area contributed by atoms with E-state index in [1.165, 1.54) is 0 Å². The lowest BCUT2D eigenvalue weighted by molar-refractivity contribution is -0.146. The Labute approximate surface area is 246 Å². The van der Waals surface area contributed by atoms with Crippen molar-refractivity contribution in [1.82, 2.24) is 16.0 Å². The first-order valence-electron chi connectivity index (χ1n) is 13.4. The molecule has 4 unspecified atom stereocenters. The van der Waals surface area contributed by atoms with Crippen LogP contribution in [0.5, 0.6) is 0 Å². The minimum atomic E-state index is -1.52. The largest absolute Gasteiger partial charge is 0.481 e. The third-order valence-corrected chi connectivity index (χ3v) is 6.02. The minimum Gasteiger partial charge on any atom is -0.481 e. The van der Waals surface area contributed by atoms with Gasteiger partial charge in [0.05, 0.1) is 0 Å². The maximum absolute atomic E-state index is 12.3. The van der Waals surface area contributed by atoms with Crippen LogP contribution in [0.15, 0.2) is 30.3 Å². The maximum Gasteiger partial charge on any atom is 0.326 e. The Bertz CT molecular complexity index is 1110. The highest BCUT2D eigenvalue weighted by atomic mass is 16.5. The molecule has 4 atom stereocenters. The Balaban J connectivity index is 2.45. The van der Waals surface area contributed by atoms with Crippen molar-refractivity contribution in [3.8, 4) is 0 Å². The summed E-state index contributed by atoms with van der Waals surface area (Å²) in [7, 11) is 0. The van der Waals surface area contributed by atoms with Crippen LogP contribution in [0.3, 0.4) is 0 Å². The number of aliphatic hydroxyl groups excluding tert-OH is 1. The van der Waals surface area contributed by atoms with Crippen LogP contribution >= 0.6 is 0 Å². The number of nitrogens with one attached hydrogen (secondary N) is 3. The number of hydrogen-bond donors (Lipinski definition) is 8. The number of aliphatic carboxylic acids is 4. The van der Waals surface area contributed by atoms with Gasteiger partial charge in [-0.3, -0.25) is 29.3 Å². The monoisotopic (exact) mass is 611 g/mol. The number of carbonyl (C=O) groups is 7. The molecule has 0 aromatic heterocycles. The van der Waals surface area contributed by atoms with Crippen LogP contribution in [0.25, 0.3) is 0 Å². The Hall–Kier alpha value is -4.57. The molecule has 0 bridgehead atoms. The van der Waals surface area contributed by atoms with E-state index >= 15 is 0 Å². The van der Waals surface area contributed by atoms with Crippen LogP contribution < -0.4 is 16.0 Å². The number of hydrogen-bond acceptors (Lipinski definition) is 10. The maximum atomic E-state index is 12.3. The third kappa shape index (κ3) is 16.5. The van der Waals surface area contributed by atoms with E-state index in [2.05, 4.69) is 16.0 Å². The molecule has 2 amide bonds. The molecule has 238 valence electrons. The molecule has 1 rings (SSSR count). The zero-order chi connectivity index (χ0) is 32.4. The Morgan fingerprint density at radius 2 is 1.19 bits per heavy atom. The molecule has 1 aromatic carbocycles. The van der Waals surface area contributed by atoms with Crippen molar-refractivity contribution in [3.05, 3.63) is 35.9 Å². The van der Waals surface area contributed by atoms with Gasteiger partial charge in [-0.25, -0.2) is 9.59 Å². The van der Waals surface area contributed by atoms with Gasteiger partial charge in [0.1, 0.15) is 31.0 Å². The van der Waals surface area contributed by atoms with Crippen molar-refractivity contribution in [2.75, 3.05) is 0 Å². The van der Waals surface area contributed by atoms with E-state index < -0.39 is 78.9 Å². The number of rotatable bonds is 22. The molecule has 0 aliphatic rings. The molecule has 43 heavy (non-hydrogen) atoms. The summed E-state index contributed by atoms with van der Waals surface area (Å²) < 4.78 is 5.11. The van der Waals surface area contributed by atoms with Gasteiger partial charge in [-0.15, -0.1) is 0 Å². The molecule has 16 heteroatoms. The van der Waals surface area contributed by atoms with Crippen LogP contribution in [0, 0.1) is 0 Å². The first-order valence-corrected chi connectivity index (χ1v) is 13.4. The molecule has 0 heterocycles. The lowest BCUT2D eigenvalue weighted by Gasteiger charge is -2.21. The molecule has 0 saturated carbocycles. The number of ether oxygens (including phenoxy) is 1. The van der Waals surface area contributed by atoms with Crippen molar-refractivity contribution in [1.29, 1.82) is 0 Å². The van der Waals surface area contributed by atoms with E-state index in [-0.39, 0.29) is 51.6 Å². The van der Waals surface area contributed by atoms with E-state index in [9.17, 15) is 48.9 Å². The van der Waals surface area contributed by atoms with E-state index in [0.717, 1.165) is 5.56 Å². The van der Waals surface area contributed by atoms with Gasteiger partial charge < -0.3 is 40.9 Å². The minimum absolute atomic E-state index is 0.0690. The molecular weight excluding hydrogens is 574 g/mol. The summed E-state index contributed by atoms with van der Waals surface area (Å²) in [5, 5.41) is 53.3. The Kier molecular flexibility index (Phi) is 16.6. The number of esters is 1. The number of carbonyl (C=O) groups excluding carboxylic acids is 3. The average molecular weight is 612 g/mol. The van der Waals surface area contributed by atoms with E-state index in [4.69, 9.17) is 14.9 Å². The highest BCUT2D eigenvalue weighted by Crippen LogP contribution is 2.08. The quantitative estimate of drug-likeness (QED) is 0.0625. The molecule has 0 aliphatic heterocycles. The fourth-order valence-electron chi connectivity index (χ4n) is 3.71. The Morgan fingerprint density at radius 3 is 1.74 bits per heavy atom. The van der Waals surface area contributed by atoms with E-state index in [1.807, 2.05) is 6.07 Å². The topological polar surface area (TPSA) is 266 Å². The molecule has 0 aliphatic carbocycles. The predicted molar refractivity (Wildman–Crippen MR) is 145 cm³/mol. The van der Waals surface area contributed by atoms with Crippen LogP contribution in [-0.4, -0.2) is 91.5 Å². The van der Waals surface area contributed by atoms with Crippen molar-refractivity contribution in [2.45, 2.75) is 88.7 Å². The summed E-state index contributed by atoms with van der Waals surface area (Å²) in [6.45, 7) is 0.0784. The first kappa shape index (κ1) is 36.5. The molecule has 1 aromatic rings. The standard InChI is InChI=1S/C27H37N3O13/c31-20(7-4-8-24(36)43-15-16-5-2-1-3-6-16)28-17(25(37)38)9-12-21(32)29-18(26(39)40)10-13-22(33)30-19(27(41)42)11-14-23(34)35/h1-3,5-6,17-19,22,30,33H,4,7-15H2,(H,28,31)(H,29,32)(H,34,35)(H,37,38)(H,39,40)(H,41,42). The van der Waals surface area contributed by atoms with Crippen LogP contribution in [0.2, 0.25) is 0 Å². The average Bonchev–Trinajstić information content (AvgIpc) is 2.94. The summed E-state index contributed by atoms with van der Waals surface area (Å²) in [6.07, 6.45) is -3.97. The predicted octanol–water partition coefficient (Wildman–Crippen LogP) is -0.175. The first-order chi connectivity index (χ1) is 20.3. The zero-order valence-corrected chi connectivity index (χ0v) is 23.3. The van der Waals surface area contributed by atoms with Gasteiger partial charge in [0, 0.05) is 25.7 Å². The van der Waals surface area contributed by atoms with Gasteiger partial charge in [-0.1, -0.05) is 30.3 Å². The smallest absolute Gasteiger partial charge is 0.326 e. The Morgan fingerprint density at radius 1 is 0.651 bits per heavy atom. The van der Waals surface area contributed by atoms with Crippen molar-refractivity contribution in [2.24, 2.45) is 0 Å². The van der Waals surface area contributed by atoms with Crippen LogP contribution in [0.4, 0.5) is 0 Å². The molecule has 0 fully saturated rings. The van der Waals surface area contributed by atoms with E-state index in [0.29, 0.717) is 0 Å². The SMILES string of the molecule is O=C(O)CCC(NC(O)CCC(NC(=O)CCC(NC(=O)CCCC(=O)OCc1ccccc1)C(=O)O)C(=O)O)C(=O)O. The van der Waals surface area contributed by atoms with Crippen LogP contribution in [-0.2, 0) is 44.9 Å². The van der Waals surface area contributed by atoms with E-state index in [1.54, 1.807) is 24.3 Å². The number of benzene rings is 1. The second-order valence-electron chi connectivity index (χ2n) is 9.54. The van der Waals surface area contributed by atoms with Gasteiger partial charge in [0.2, 0.25) is 11.8 Å². The summed E-state index contributed by atoms with van der Waals surface area (Å²) in [5.41, 5.74) is 0.796. The number of amides is 2. The number of aliphatic hydroxyl groups is 1. The molecule has 0 saturated heterocycles. The normalized spacial score (nSPS) is 13.5. The highest BCUT2D eigenvalue weighted by Gasteiger charge is 2.26. The lowest BCUT2D eigenvalue weighted by atomic mass is 10.1. The second kappa shape index (κ2) is 19.5. The molecule has 0 spiro atoms. The third-order valence-electron chi connectivity index (χ3n) is 6.02. The van der Waals surface area contributed by atoms with Gasteiger partial charge in [0.15, 0.2) is 0 Å². The van der Waals surface area contributed by atoms with Gasteiger partial charge in [-0.05, 0) is 37.7 Å². The molecule has 16 nitrogen and oxygen atoms in total. The highest BCUT2D eigenvalue weighted by molar-refractivity contribution is 5.86. The van der Waals surface area contributed by atoms with Crippen LogP contribution in [0.1, 0.15) is 63.4 Å². The molecular formula is C27H37N3O13. The molecule has 8 N–H and O–H groups in total. The zero-order valence-electron chi connectivity index (χ0n) is 23.3. The van der Waals surface area contributed by atoms with Gasteiger partial charge >= 0.3 is 29.8 Å². The summed E-state index contributed by atoms with van der Waals surface area (Å²) in [5.74, 6) is -7.59. The number of carboxylic acids is 4. The number of carboxylic acid groups (broad SMARTS) is 4. The van der Waals surface area contributed by atoms with Crippen molar-refractivity contribution >= 4 is 41.7 Å². The fourth-order valence-corrected chi connectivity index (χ4v) is 3.71. The second-order valence-corrected chi connectivity index (χ2v) is 9.54. The molecule has 0 radical (unpaired) electrons. The summed E-state index contributed by atoms with van der Waals surface area (Å²) in [6, 6.07) is 4.59. The summed E-state index contributed by atoms with van der Waals surface area (Å²) >= 11 is 0. The summed E-state index contributed by atoms with van der Waals surface area (Å²) in [4.78, 5) is 81.3. The van der Waals surface area contributed by atoms with Gasteiger partial charge in [0.25, 0.3) is 0 Å². The fraction of sp³-hybridized carbons (Fsp3) is 0.519. The lowest BCUT2D eigenvalue weighted by Crippen LogP contribution is -2.46.